The number of aliphatic hydroxyl groups excluding tert-OH is 2. The van der Waals surface area contributed by atoms with Crippen LogP contribution in [0, 0.1) is 0 Å². The molecule has 1 aromatic heterocycles. The molecule has 0 aliphatic heterocycles. The Balaban J connectivity index is 2.94. The zero-order valence-corrected chi connectivity index (χ0v) is 10.1. The Morgan fingerprint density at radius 2 is 2.07 bits per heavy atom. The van der Waals surface area contributed by atoms with Gasteiger partial charge in [-0.1, -0.05) is 0 Å². The summed E-state index contributed by atoms with van der Waals surface area (Å²) in [4.78, 5) is 0.348. The molecule has 0 fully saturated rings. The van der Waals surface area contributed by atoms with Gasteiger partial charge in [-0.05, 0) is 12.1 Å². The van der Waals surface area contributed by atoms with Crippen molar-refractivity contribution >= 4 is 34.0 Å². The van der Waals surface area contributed by atoms with Gasteiger partial charge in [-0.25, -0.2) is 13.6 Å². The molecule has 0 aromatic carbocycles. The molecule has 5 nitrogen and oxygen atoms in total. The van der Waals surface area contributed by atoms with E-state index in [2.05, 4.69) is 12.6 Å². The predicted molar refractivity (Wildman–Crippen MR) is 60.5 cm³/mol. The minimum atomic E-state index is -3.74. The Hall–Kier alpha value is -0.120. The highest BCUT2D eigenvalue weighted by molar-refractivity contribution is 7.91. The predicted octanol–water partition coefficient (Wildman–Crippen LogP) is -0.280. The number of thiophene rings is 1. The Bertz CT molecular complexity index is 427. The standard InChI is InChI=1S/C7H11NO4S3/c8-15(11,12)6-2-1-5(14-6)7(10)4(9)3-13/h1-2,4,7,9-10,13H,3H2,(H2,8,11,12). The van der Waals surface area contributed by atoms with Gasteiger partial charge in [-0.3, -0.25) is 0 Å². The van der Waals surface area contributed by atoms with Gasteiger partial charge < -0.3 is 10.2 Å². The molecule has 86 valence electrons. The van der Waals surface area contributed by atoms with Crippen LogP contribution in [0.3, 0.4) is 0 Å². The maximum absolute atomic E-state index is 10.9. The van der Waals surface area contributed by atoms with Crippen LogP contribution in [-0.4, -0.2) is 30.5 Å². The van der Waals surface area contributed by atoms with Crippen molar-refractivity contribution in [1.82, 2.24) is 0 Å². The van der Waals surface area contributed by atoms with E-state index < -0.39 is 22.2 Å². The van der Waals surface area contributed by atoms with Crippen molar-refractivity contribution in [3.8, 4) is 0 Å². The third-order valence-corrected chi connectivity index (χ3v) is 4.69. The highest BCUT2D eigenvalue weighted by Crippen LogP contribution is 2.28. The summed E-state index contributed by atoms with van der Waals surface area (Å²) in [6, 6.07) is 2.71. The van der Waals surface area contributed by atoms with Crippen molar-refractivity contribution in [2.24, 2.45) is 5.14 Å². The lowest BCUT2D eigenvalue weighted by molar-refractivity contribution is 0.0360. The second-order valence-electron chi connectivity index (χ2n) is 2.90. The molecule has 0 bridgehead atoms. The van der Waals surface area contributed by atoms with Crippen molar-refractivity contribution in [2.45, 2.75) is 16.4 Å². The summed E-state index contributed by atoms with van der Waals surface area (Å²) in [5, 5.41) is 23.7. The molecule has 4 N–H and O–H groups in total. The van der Waals surface area contributed by atoms with Gasteiger partial charge >= 0.3 is 0 Å². The van der Waals surface area contributed by atoms with Gasteiger partial charge in [0.15, 0.2) is 0 Å². The zero-order chi connectivity index (χ0) is 11.6. The molecule has 0 radical (unpaired) electrons. The SMILES string of the molecule is NS(=O)(=O)c1ccc(C(O)C(O)CS)s1. The van der Waals surface area contributed by atoms with Gasteiger partial charge in [0.2, 0.25) is 10.0 Å². The summed E-state index contributed by atoms with van der Waals surface area (Å²) < 4.78 is 21.8. The third-order valence-electron chi connectivity index (χ3n) is 1.73. The summed E-state index contributed by atoms with van der Waals surface area (Å²) in [5.74, 6) is 0.0871. The third kappa shape index (κ3) is 3.16. The smallest absolute Gasteiger partial charge is 0.247 e. The highest BCUT2D eigenvalue weighted by atomic mass is 32.2. The summed E-state index contributed by atoms with van der Waals surface area (Å²) in [6.07, 6.45) is -2.16. The van der Waals surface area contributed by atoms with Gasteiger partial charge in [0.25, 0.3) is 0 Å². The van der Waals surface area contributed by atoms with Crippen molar-refractivity contribution in [3.05, 3.63) is 17.0 Å². The van der Waals surface area contributed by atoms with Crippen molar-refractivity contribution < 1.29 is 18.6 Å². The molecule has 0 saturated heterocycles. The van der Waals surface area contributed by atoms with Gasteiger partial charge in [-0.2, -0.15) is 12.6 Å². The second-order valence-corrected chi connectivity index (χ2v) is 6.17. The molecule has 0 spiro atoms. The van der Waals surface area contributed by atoms with Crippen molar-refractivity contribution in [2.75, 3.05) is 5.75 Å². The van der Waals surface area contributed by atoms with E-state index in [0.29, 0.717) is 4.88 Å². The Morgan fingerprint density at radius 3 is 2.47 bits per heavy atom. The quantitative estimate of drug-likeness (QED) is 0.565. The van der Waals surface area contributed by atoms with Crippen LogP contribution >= 0.6 is 24.0 Å². The van der Waals surface area contributed by atoms with Gasteiger partial charge in [0.1, 0.15) is 10.3 Å². The fourth-order valence-corrected chi connectivity index (χ4v) is 2.93. The Labute approximate surface area is 97.0 Å². The lowest BCUT2D eigenvalue weighted by Crippen LogP contribution is -2.18. The van der Waals surface area contributed by atoms with Crippen molar-refractivity contribution in [1.29, 1.82) is 0 Å². The zero-order valence-electron chi connectivity index (χ0n) is 7.57. The molecule has 1 rings (SSSR count). The van der Waals surface area contributed by atoms with Crippen molar-refractivity contribution in [3.63, 3.8) is 0 Å². The normalized spacial score (nSPS) is 16.3. The largest absolute Gasteiger partial charge is 0.389 e. The number of sulfonamides is 1. The van der Waals surface area contributed by atoms with Crippen LogP contribution in [0.5, 0.6) is 0 Å². The number of hydrogen-bond donors (Lipinski definition) is 4. The molecular formula is C7H11NO4S3. The molecular weight excluding hydrogens is 258 g/mol. The first-order valence-corrected chi connectivity index (χ1v) is 6.95. The van der Waals surface area contributed by atoms with E-state index in [1.165, 1.54) is 12.1 Å². The molecule has 0 saturated carbocycles. The molecule has 2 atom stereocenters. The lowest BCUT2D eigenvalue weighted by Gasteiger charge is -2.13. The van der Waals surface area contributed by atoms with Crippen LogP contribution in [0.1, 0.15) is 11.0 Å². The van der Waals surface area contributed by atoms with E-state index in [4.69, 9.17) is 5.14 Å². The van der Waals surface area contributed by atoms with Crippen LogP contribution in [0.25, 0.3) is 0 Å². The molecule has 1 aromatic rings. The summed E-state index contributed by atoms with van der Waals surface area (Å²) in [6.45, 7) is 0. The van der Waals surface area contributed by atoms with E-state index in [0.717, 1.165) is 11.3 Å². The minimum absolute atomic E-state index is 0.0390. The van der Waals surface area contributed by atoms with E-state index in [-0.39, 0.29) is 9.96 Å². The van der Waals surface area contributed by atoms with Crippen LogP contribution in [0.4, 0.5) is 0 Å². The molecule has 15 heavy (non-hydrogen) atoms. The van der Waals surface area contributed by atoms with E-state index in [1.807, 2.05) is 0 Å². The molecule has 8 heteroatoms. The first kappa shape index (κ1) is 12.9. The number of rotatable bonds is 4. The topological polar surface area (TPSA) is 101 Å². The number of aliphatic hydroxyl groups is 2. The van der Waals surface area contributed by atoms with Crippen LogP contribution in [0.2, 0.25) is 0 Å². The first-order chi connectivity index (χ1) is 6.86. The number of hydrogen-bond acceptors (Lipinski definition) is 6. The van der Waals surface area contributed by atoms with E-state index >= 15 is 0 Å². The number of thiol groups is 1. The monoisotopic (exact) mass is 269 g/mol. The molecule has 2 unspecified atom stereocenters. The maximum atomic E-state index is 10.9. The fourth-order valence-electron chi connectivity index (χ4n) is 0.936. The molecule has 0 aliphatic rings. The minimum Gasteiger partial charge on any atom is -0.389 e. The average molecular weight is 269 g/mol. The van der Waals surface area contributed by atoms with E-state index in [1.54, 1.807) is 0 Å². The second kappa shape index (κ2) is 4.81. The summed E-state index contributed by atoms with van der Waals surface area (Å²) >= 11 is 4.66. The lowest BCUT2D eigenvalue weighted by atomic mass is 10.2. The van der Waals surface area contributed by atoms with Gasteiger partial charge in [0, 0.05) is 10.6 Å². The number of nitrogens with two attached hydrogens (primary N) is 1. The highest BCUT2D eigenvalue weighted by Gasteiger charge is 2.21. The average Bonchev–Trinajstić information content (AvgIpc) is 2.63. The van der Waals surface area contributed by atoms with Crippen LogP contribution in [0.15, 0.2) is 16.3 Å². The Kier molecular flexibility index (Phi) is 4.15. The molecule has 1 heterocycles. The van der Waals surface area contributed by atoms with Crippen LogP contribution < -0.4 is 5.14 Å². The molecule has 0 aliphatic carbocycles. The summed E-state index contributed by atoms with van der Waals surface area (Å²) in [7, 11) is -3.74. The summed E-state index contributed by atoms with van der Waals surface area (Å²) in [5.41, 5.74) is 0. The fraction of sp³-hybridized carbons (Fsp3) is 0.429. The van der Waals surface area contributed by atoms with Crippen LogP contribution in [-0.2, 0) is 10.0 Å². The number of primary sulfonamides is 1. The van der Waals surface area contributed by atoms with E-state index in [9.17, 15) is 18.6 Å². The Morgan fingerprint density at radius 1 is 1.47 bits per heavy atom. The van der Waals surface area contributed by atoms with Gasteiger partial charge in [0.05, 0.1) is 6.10 Å². The van der Waals surface area contributed by atoms with Gasteiger partial charge in [-0.15, -0.1) is 11.3 Å². The maximum Gasteiger partial charge on any atom is 0.247 e. The first-order valence-electron chi connectivity index (χ1n) is 3.95. The molecule has 0 amide bonds.